The van der Waals surface area contributed by atoms with Gasteiger partial charge in [-0.2, -0.15) is 0 Å². The molecule has 2 aliphatic rings. The number of amides is 2. The second-order valence-corrected chi connectivity index (χ2v) is 10.7. The fourth-order valence-electron chi connectivity index (χ4n) is 5.44. The first kappa shape index (κ1) is 25.9. The van der Waals surface area contributed by atoms with Crippen LogP contribution < -0.4 is 10.6 Å². The molecule has 5 rings (SSSR count). The molecule has 0 bridgehead atoms. The van der Waals surface area contributed by atoms with Crippen molar-refractivity contribution in [2.45, 2.75) is 51.4 Å². The van der Waals surface area contributed by atoms with Gasteiger partial charge in [0.25, 0.3) is 0 Å². The number of pyridine rings is 1. The normalized spacial score (nSPS) is 16.6. The summed E-state index contributed by atoms with van der Waals surface area (Å²) in [4.78, 5) is 34.6. The molecule has 2 fully saturated rings. The molecule has 7 nitrogen and oxygen atoms in total. The maximum Gasteiger partial charge on any atom is 0.224 e. The molecule has 3 heterocycles. The number of aromatic nitrogens is 1. The average molecular weight is 522 g/mol. The fraction of sp³-hybridized carbons (Fsp3) is 0.483. The highest BCUT2D eigenvalue weighted by Crippen LogP contribution is 2.33. The monoisotopic (exact) mass is 521 g/mol. The van der Waals surface area contributed by atoms with E-state index in [1.165, 1.54) is 25.7 Å². The predicted octanol–water partition coefficient (Wildman–Crippen LogP) is 5.67. The number of anilines is 2. The van der Waals surface area contributed by atoms with Gasteiger partial charge >= 0.3 is 0 Å². The minimum atomic E-state index is 0.0140. The Balaban J connectivity index is 1.22. The van der Waals surface area contributed by atoms with Gasteiger partial charge in [0, 0.05) is 35.0 Å². The molecular formula is C29H36ClN5O2. The first-order chi connectivity index (χ1) is 18.0. The van der Waals surface area contributed by atoms with Crippen LogP contribution in [-0.4, -0.2) is 65.9 Å². The highest BCUT2D eigenvalue weighted by molar-refractivity contribution is 6.40. The molecule has 0 saturated carbocycles. The summed E-state index contributed by atoms with van der Waals surface area (Å²) in [7, 11) is 0. The van der Waals surface area contributed by atoms with Crippen LogP contribution in [0.15, 0.2) is 36.4 Å². The second kappa shape index (κ2) is 12.2. The van der Waals surface area contributed by atoms with Gasteiger partial charge in [-0.15, -0.1) is 0 Å². The first-order valence-corrected chi connectivity index (χ1v) is 14.0. The highest BCUT2D eigenvalue weighted by Gasteiger charge is 2.14. The van der Waals surface area contributed by atoms with Gasteiger partial charge < -0.3 is 20.4 Å². The van der Waals surface area contributed by atoms with Gasteiger partial charge in [-0.05, 0) is 114 Å². The third-order valence-corrected chi connectivity index (χ3v) is 7.84. The Morgan fingerprint density at radius 2 is 1.16 bits per heavy atom. The van der Waals surface area contributed by atoms with Crippen molar-refractivity contribution in [3.05, 3.63) is 41.4 Å². The third-order valence-electron chi connectivity index (χ3n) is 7.43. The third kappa shape index (κ3) is 6.78. The van der Waals surface area contributed by atoms with Crippen LogP contribution in [0.3, 0.4) is 0 Å². The number of likely N-dealkylation sites (tertiary alicyclic amines) is 2. The standard InChI is InChI=1S/C29H36ClN5O2/c30-29-23-11-9-21(31-27(36)7-5-17-34-13-1-2-14-34)19-25(23)33-26-20-22(10-12-24(26)29)32-28(37)8-6-18-35-15-3-4-16-35/h9-12,19-20H,1-8,13-18H2,(H,31,36)(H,32,37). The van der Waals surface area contributed by atoms with E-state index in [0.717, 1.165) is 62.9 Å². The van der Waals surface area contributed by atoms with Crippen LogP contribution in [-0.2, 0) is 9.59 Å². The molecule has 2 N–H and O–H groups in total. The van der Waals surface area contributed by atoms with Crippen molar-refractivity contribution < 1.29 is 9.59 Å². The van der Waals surface area contributed by atoms with E-state index in [9.17, 15) is 9.59 Å². The van der Waals surface area contributed by atoms with Gasteiger partial charge in [-0.25, -0.2) is 4.98 Å². The van der Waals surface area contributed by atoms with Crippen LogP contribution in [0.5, 0.6) is 0 Å². The average Bonchev–Trinajstić information content (AvgIpc) is 3.59. The SMILES string of the molecule is O=C(CCCN1CCCC1)Nc1ccc2c(Cl)c3ccc(NC(=O)CCCN4CCCC4)cc3nc2c1. The lowest BCUT2D eigenvalue weighted by Crippen LogP contribution is -2.22. The maximum absolute atomic E-state index is 12.5. The summed E-state index contributed by atoms with van der Waals surface area (Å²) in [5.74, 6) is 0.0281. The number of hydrogen-bond acceptors (Lipinski definition) is 5. The van der Waals surface area contributed by atoms with Crippen molar-refractivity contribution in [1.29, 1.82) is 0 Å². The molecule has 0 unspecified atom stereocenters. The van der Waals surface area contributed by atoms with Crippen molar-refractivity contribution in [2.75, 3.05) is 49.9 Å². The zero-order valence-electron chi connectivity index (χ0n) is 21.4. The molecule has 0 aliphatic carbocycles. The Morgan fingerprint density at radius 1 is 0.730 bits per heavy atom. The van der Waals surface area contributed by atoms with E-state index in [-0.39, 0.29) is 11.8 Å². The highest BCUT2D eigenvalue weighted by atomic mass is 35.5. The Bertz CT molecular complexity index is 1170. The first-order valence-electron chi connectivity index (χ1n) is 13.6. The van der Waals surface area contributed by atoms with Crippen molar-refractivity contribution in [2.24, 2.45) is 0 Å². The number of carbonyl (C=O) groups is 2. The largest absolute Gasteiger partial charge is 0.326 e. The van der Waals surface area contributed by atoms with Gasteiger partial charge in [-0.3, -0.25) is 9.59 Å². The molecule has 2 aliphatic heterocycles. The Kier molecular flexibility index (Phi) is 8.54. The molecule has 1 aromatic heterocycles. The smallest absolute Gasteiger partial charge is 0.224 e. The van der Waals surface area contributed by atoms with Gasteiger partial charge in [0.2, 0.25) is 11.8 Å². The fourth-order valence-corrected chi connectivity index (χ4v) is 5.76. The number of carbonyl (C=O) groups excluding carboxylic acids is 2. The molecule has 0 spiro atoms. The van der Waals surface area contributed by atoms with Crippen molar-refractivity contribution in [3.8, 4) is 0 Å². The summed E-state index contributed by atoms with van der Waals surface area (Å²) < 4.78 is 0. The van der Waals surface area contributed by atoms with Crippen molar-refractivity contribution >= 4 is 56.6 Å². The van der Waals surface area contributed by atoms with Crippen molar-refractivity contribution in [1.82, 2.24) is 14.8 Å². The number of rotatable bonds is 10. The summed E-state index contributed by atoms with van der Waals surface area (Å²) in [5, 5.41) is 8.29. The van der Waals surface area contributed by atoms with Gasteiger partial charge in [0.1, 0.15) is 0 Å². The van der Waals surface area contributed by atoms with E-state index < -0.39 is 0 Å². The molecular weight excluding hydrogens is 486 g/mol. The molecule has 2 aromatic carbocycles. The lowest BCUT2D eigenvalue weighted by atomic mass is 10.1. The number of benzene rings is 2. The van der Waals surface area contributed by atoms with Crippen LogP contribution in [0.2, 0.25) is 5.02 Å². The second-order valence-electron chi connectivity index (χ2n) is 10.3. The quantitative estimate of drug-likeness (QED) is 0.336. The molecule has 8 heteroatoms. The number of fused-ring (bicyclic) bond motifs is 2. The van der Waals surface area contributed by atoms with E-state index >= 15 is 0 Å². The van der Waals surface area contributed by atoms with Gasteiger partial charge in [0.15, 0.2) is 0 Å². The minimum Gasteiger partial charge on any atom is -0.326 e. The molecule has 3 aromatic rings. The Hall–Kier alpha value is -2.74. The number of nitrogens with zero attached hydrogens (tertiary/aromatic N) is 3. The van der Waals surface area contributed by atoms with E-state index in [2.05, 4.69) is 20.4 Å². The van der Waals surface area contributed by atoms with E-state index in [1.54, 1.807) is 0 Å². The van der Waals surface area contributed by atoms with Crippen LogP contribution >= 0.6 is 11.6 Å². The topological polar surface area (TPSA) is 77.6 Å². The zero-order valence-corrected chi connectivity index (χ0v) is 22.2. The molecule has 2 amide bonds. The maximum atomic E-state index is 12.5. The van der Waals surface area contributed by atoms with E-state index in [1.807, 2.05) is 36.4 Å². The Morgan fingerprint density at radius 3 is 1.59 bits per heavy atom. The summed E-state index contributed by atoms with van der Waals surface area (Å²) in [6.45, 7) is 6.55. The van der Waals surface area contributed by atoms with Crippen molar-refractivity contribution in [3.63, 3.8) is 0 Å². The van der Waals surface area contributed by atoms with E-state index in [4.69, 9.17) is 16.6 Å². The van der Waals surface area contributed by atoms with Crippen LogP contribution in [0.1, 0.15) is 51.4 Å². The number of nitrogens with one attached hydrogen (secondary N) is 2. The zero-order chi connectivity index (χ0) is 25.6. The number of hydrogen-bond donors (Lipinski definition) is 2. The Labute approximate surface area is 223 Å². The molecule has 2 saturated heterocycles. The predicted molar refractivity (Wildman–Crippen MR) is 151 cm³/mol. The lowest BCUT2D eigenvalue weighted by Gasteiger charge is -2.14. The molecule has 0 atom stereocenters. The van der Waals surface area contributed by atoms with Crippen LogP contribution in [0, 0.1) is 0 Å². The summed E-state index contributed by atoms with van der Waals surface area (Å²) in [5.41, 5.74) is 2.84. The minimum absolute atomic E-state index is 0.0140. The summed E-state index contributed by atoms with van der Waals surface area (Å²) in [6.07, 6.45) is 7.78. The summed E-state index contributed by atoms with van der Waals surface area (Å²) >= 11 is 6.73. The number of halogens is 1. The summed E-state index contributed by atoms with van der Waals surface area (Å²) in [6, 6.07) is 11.3. The molecule has 0 radical (unpaired) electrons. The van der Waals surface area contributed by atoms with Gasteiger partial charge in [0.05, 0.1) is 16.1 Å². The lowest BCUT2D eigenvalue weighted by molar-refractivity contribution is -0.117. The van der Waals surface area contributed by atoms with Gasteiger partial charge in [-0.1, -0.05) is 11.6 Å². The van der Waals surface area contributed by atoms with E-state index in [0.29, 0.717) is 40.3 Å². The molecule has 37 heavy (non-hydrogen) atoms. The van der Waals surface area contributed by atoms with Crippen LogP contribution in [0.4, 0.5) is 11.4 Å². The van der Waals surface area contributed by atoms with Crippen LogP contribution in [0.25, 0.3) is 21.8 Å². The molecule has 196 valence electrons.